The van der Waals surface area contributed by atoms with Crippen LogP contribution in [-0.2, 0) is 4.79 Å². The molecule has 1 aliphatic carbocycles. The lowest BCUT2D eigenvalue weighted by atomic mass is 9.70. The minimum Gasteiger partial charge on any atom is -0.353 e. The van der Waals surface area contributed by atoms with E-state index in [1.165, 1.54) is 44.9 Å². The molecule has 1 saturated carbocycles. The Hall–Kier alpha value is -0.610. The molecule has 23 heavy (non-hydrogen) atoms. The molecule has 2 aliphatic heterocycles. The van der Waals surface area contributed by atoms with Gasteiger partial charge < -0.3 is 16.0 Å². The van der Waals surface area contributed by atoms with Gasteiger partial charge in [-0.05, 0) is 64.0 Å². The normalized spacial score (nSPS) is 42.8. The standard InChI is InChI=1S/C19H35N3O/c1-13-6-5-9-17(20-2)18-12-14(10-11-21-18)15-7-3-4-8-16(15)22-19(13)23/h13-18,20-21H,3-12H2,1-2H3,(H,22,23)/t13-,14?,15?,16?,17+,18?/m1/s1. The number of rotatable bonds is 1. The van der Waals surface area contributed by atoms with Crippen LogP contribution in [0.25, 0.3) is 0 Å². The van der Waals surface area contributed by atoms with Crippen LogP contribution >= 0.6 is 0 Å². The molecule has 4 unspecified atom stereocenters. The van der Waals surface area contributed by atoms with Crippen LogP contribution < -0.4 is 16.0 Å². The highest BCUT2D eigenvalue weighted by molar-refractivity contribution is 5.78. The van der Waals surface area contributed by atoms with Crippen molar-refractivity contribution in [3.63, 3.8) is 0 Å². The number of amides is 1. The molecule has 2 bridgehead atoms. The second-order valence-electron chi connectivity index (χ2n) is 8.14. The zero-order valence-electron chi connectivity index (χ0n) is 14.9. The van der Waals surface area contributed by atoms with E-state index in [1.54, 1.807) is 0 Å². The molecule has 4 heteroatoms. The van der Waals surface area contributed by atoms with Gasteiger partial charge in [-0.1, -0.05) is 26.2 Å². The van der Waals surface area contributed by atoms with E-state index in [9.17, 15) is 4.79 Å². The van der Waals surface area contributed by atoms with Crippen LogP contribution in [-0.4, -0.2) is 37.6 Å². The van der Waals surface area contributed by atoms with E-state index >= 15 is 0 Å². The first kappa shape index (κ1) is 17.2. The van der Waals surface area contributed by atoms with E-state index in [4.69, 9.17) is 0 Å². The van der Waals surface area contributed by atoms with Gasteiger partial charge in [-0.15, -0.1) is 0 Å². The fourth-order valence-corrected chi connectivity index (χ4v) is 5.23. The van der Waals surface area contributed by atoms with Gasteiger partial charge in [-0.2, -0.15) is 0 Å². The predicted molar refractivity (Wildman–Crippen MR) is 94.3 cm³/mol. The molecule has 1 amide bonds. The molecule has 2 saturated heterocycles. The number of fused-ring (bicyclic) bond motifs is 4. The fourth-order valence-electron chi connectivity index (χ4n) is 5.23. The van der Waals surface area contributed by atoms with Crippen molar-refractivity contribution in [1.29, 1.82) is 0 Å². The van der Waals surface area contributed by atoms with Crippen molar-refractivity contribution in [3.05, 3.63) is 0 Å². The number of carbonyl (C=O) groups is 1. The number of likely N-dealkylation sites (N-methyl/N-ethyl adjacent to an activating group) is 1. The molecule has 0 aromatic carbocycles. The van der Waals surface area contributed by atoms with Crippen LogP contribution in [0.5, 0.6) is 0 Å². The molecular weight excluding hydrogens is 286 g/mol. The third-order valence-corrected chi connectivity index (χ3v) is 6.69. The average Bonchev–Trinajstić information content (AvgIpc) is 2.58. The minimum atomic E-state index is 0.155. The van der Waals surface area contributed by atoms with Crippen LogP contribution in [0, 0.1) is 17.8 Å². The summed E-state index contributed by atoms with van der Waals surface area (Å²) >= 11 is 0. The third kappa shape index (κ3) is 4.08. The van der Waals surface area contributed by atoms with Gasteiger partial charge in [0, 0.05) is 24.0 Å². The van der Waals surface area contributed by atoms with Gasteiger partial charge in [0.2, 0.25) is 5.91 Å². The van der Waals surface area contributed by atoms with E-state index in [1.807, 2.05) is 0 Å². The third-order valence-electron chi connectivity index (χ3n) is 6.69. The summed E-state index contributed by atoms with van der Waals surface area (Å²) in [6.07, 6.45) is 11.0. The van der Waals surface area contributed by atoms with Crippen LogP contribution in [0.4, 0.5) is 0 Å². The van der Waals surface area contributed by atoms with Gasteiger partial charge in [0.05, 0.1) is 0 Å². The van der Waals surface area contributed by atoms with E-state index in [2.05, 4.69) is 29.9 Å². The smallest absolute Gasteiger partial charge is 0.223 e. The molecule has 3 rings (SSSR count). The summed E-state index contributed by atoms with van der Waals surface area (Å²) in [7, 11) is 2.10. The molecule has 132 valence electrons. The zero-order valence-corrected chi connectivity index (χ0v) is 14.9. The molecule has 3 aliphatic rings. The lowest BCUT2D eigenvalue weighted by Crippen LogP contribution is -2.54. The van der Waals surface area contributed by atoms with Crippen molar-refractivity contribution in [1.82, 2.24) is 16.0 Å². The Balaban J connectivity index is 1.79. The molecule has 3 fully saturated rings. The summed E-state index contributed by atoms with van der Waals surface area (Å²) in [4.78, 5) is 12.6. The zero-order chi connectivity index (χ0) is 16.2. The molecular formula is C19H35N3O. The van der Waals surface area contributed by atoms with Gasteiger partial charge in [0.25, 0.3) is 0 Å². The van der Waals surface area contributed by atoms with Gasteiger partial charge in [-0.25, -0.2) is 0 Å². The first-order valence-corrected chi connectivity index (χ1v) is 9.90. The summed E-state index contributed by atoms with van der Waals surface area (Å²) in [6, 6.07) is 1.58. The Kier molecular flexibility index (Phi) is 5.97. The minimum absolute atomic E-state index is 0.155. The quantitative estimate of drug-likeness (QED) is 0.695. The Bertz CT molecular complexity index is 400. The number of hydrogen-bond acceptors (Lipinski definition) is 3. The molecule has 6 atom stereocenters. The first-order valence-electron chi connectivity index (χ1n) is 9.90. The number of hydrogen-bond donors (Lipinski definition) is 3. The predicted octanol–water partition coefficient (Wildman–Crippen LogP) is 2.44. The maximum Gasteiger partial charge on any atom is 0.223 e. The molecule has 0 radical (unpaired) electrons. The van der Waals surface area contributed by atoms with Crippen LogP contribution in [0.1, 0.15) is 64.7 Å². The van der Waals surface area contributed by atoms with Crippen molar-refractivity contribution in [2.45, 2.75) is 82.8 Å². The van der Waals surface area contributed by atoms with Crippen LogP contribution in [0.3, 0.4) is 0 Å². The highest BCUT2D eigenvalue weighted by Gasteiger charge is 2.37. The molecule has 3 N–H and O–H groups in total. The summed E-state index contributed by atoms with van der Waals surface area (Å²) in [6.45, 7) is 3.24. The van der Waals surface area contributed by atoms with E-state index < -0.39 is 0 Å². The lowest BCUT2D eigenvalue weighted by molar-refractivity contribution is -0.126. The Labute approximate surface area is 141 Å². The second-order valence-corrected chi connectivity index (χ2v) is 8.14. The van der Waals surface area contributed by atoms with Gasteiger partial charge in [0.15, 0.2) is 0 Å². The molecule has 0 aromatic heterocycles. The van der Waals surface area contributed by atoms with Gasteiger partial charge in [0.1, 0.15) is 0 Å². The summed E-state index contributed by atoms with van der Waals surface area (Å²) in [5.74, 6) is 1.93. The maximum absolute atomic E-state index is 12.6. The average molecular weight is 322 g/mol. The molecule has 0 spiro atoms. The highest BCUT2D eigenvalue weighted by Crippen LogP contribution is 2.37. The van der Waals surface area contributed by atoms with Crippen LogP contribution in [0.15, 0.2) is 0 Å². The first-order chi connectivity index (χ1) is 11.2. The number of nitrogens with one attached hydrogen (secondary N) is 3. The lowest BCUT2D eigenvalue weighted by Gasteiger charge is -2.44. The van der Waals surface area contributed by atoms with E-state index in [0.29, 0.717) is 30.0 Å². The van der Waals surface area contributed by atoms with Crippen molar-refractivity contribution < 1.29 is 4.79 Å². The summed E-state index contributed by atoms with van der Waals surface area (Å²) < 4.78 is 0. The van der Waals surface area contributed by atoms with Crippen molar-refractivity contribution in [3.8, 4) is 0 Å². The Morgan fingerprint density at radius 3 is 2.65 bits per heavy atom. The van der Waals surface area contributed by atoms with Crippen molar-refractivity contribution in [2.24, 2.45) is 17.8 Å². The molecule has 4 nitrogen and oxygen atoms in total. The maximum atomic E-state index is 12.6. The summed E-state index contributed by atoms with van der Waals surface area (Å²) in [5, 5.41) is 10.8. The monoisotopic (exact) mass is 321 g/mol. The van der Waals surface area contributed by atoms with Gasteiger partial charge in [-0.3, -0.25) is 4.79 Å². The Morgan fingerprint density at radius 2 is 1.83 bits per heavy atom. The number of carbonyl (C=O) groups excluding carboxylic acids is 1. The molecule has 2 heterocycles. The second kappa shape index (κ2) is 7.98. The molecule has 0 aromatic rings. The largest absolute Gasteiger partial charge is 0.353 e. The van der Waals surface area contributed by atoms with E-state index in [0.717, 1.165) is 25.3 Å². The highest BCUT2D eigenvalue weighted by atomic mass is 16.1. The Morgan fingerprint density at radius 1 is 1.00 bits per heavy atom. The van der Waals surface area contributed by atoms with E-state index in [-0.39, 0.29) is 5.92 Å². The van der Waals surface area contributed by atoms with Crippen LogP contribution in [0.2, 0.25) is 0 Å². The fraction of sp³-hybridized carbons (Fsp3) is 0.947. The number of piperidine rings is 1. The SMILES string of the molecule is CN[C@H]1CCC[C@@H](C)C(=O)NC2CCCCC2C2CCNC1C2. The summed E-state index contributed by atoms with van der Waals surface area (Å²) in [5.41, 5.74) is 0. The van der Waals surface area contributed by atoms with Gasteiger partial charge >= 0.3 is 0 Å². The van der Waals surface area contributed by atoms with Crippen molar-refractivity contribution in [2.75, 3.05) is 13.6 Å². The topological polar surface area (TPSA) is 53.2 Å². The van der Waals surface area contributed by atoms with Crippen molar-refractivity contribution >= 4 is 5.91 Å².